The predicted molar refractivity (Wildman–Crippen MR) is 337 cm³/mol. The summed E-state index contributed by atoms with van der Waals surface area (Å²) in [7, 11) is 0. The molecule has 0 aliphatic heterocycles. The zero-order valence-corrected chi connectivity index (χ0v) is 53.5. The molecule has 27 heteroatoms. The lowest BCUT2D eigenvalue weighted by Gasteiger charge is -2.26. The first-order chi connectivity index (χ1) is 40.9. The number of carbonyl (C=O) groups is 12. The molecule has 9 atom stereocenters. The molecule has 87 heavy (non-hydrogen) atoms. The number of primary amides is 1. The van der Waals surface area contributed by atoms with Crippen LogP contribution in [-0.2, 0) is 52.7 Å². The minimum Gasteiger partial charge on any atom is -0.481 e. The average Bonchev–Trinajstić information content (AvgIpc) is 3.10. The summed E-state index contributed by atoms with van der Waals surface area (Å²) >= 11 is 8.73. The third kappa shape index (κ3) is 33.0. The minimum atomic E-state index is -1.53. The largest absolute Gasteiger partial charge is 0.481 e. The van der Waals surface area contributed by atoms with Crippen molar-refractivity contribution in [3.05, 3.63) is 23.8 Å². The van der Waals surface area contributed by atoms with Crippen molar-refractivity contribution in [3.63, 3.8) is 0 Å². The van der Waals surface area contributed by atoms with E-state index in [0.717, 1.165) is 0 Å². The lowest BCUT2D eigenvalue weighted by molar-refractivity contribution is -0.140. The number of rotatable bonds is 48. The second-order valence-corrected chi connectivity index (χ2v) is 24.5. The third-order valence-corrected chi connectivity index (χ3v) is 15.1. The molecule has 0 aliphatic carbocycles. The monoisotopic (exact) mass is 1260 g/mol. The van der Waals surface area contributed by atoms with E-state index in [-0.39, 0.29) is 101 Å². The van der Waals surface area contributed by atoms with Gasteiger partial charge in [0.05, 0.1) is 30.6 Å². The molecule has 0 aliphatic rings. The number of ketones is 5. The Morgan fingerprint density at radius 3 is 1.47 bits per heavy atom. The van der Waals surface area contributed by atoms with Gasteiger partial charge in [0.15, 0.2) is 34.9 Å². The van der Waals surface area contributed by atoms with Gasteiger partial charge in [-0.25, -0.2) is 0 Å². The standard InChI is InChI=1S/C60H100N12O13S2/c1-34(2)24-41(59(85)68-37(6)49(74)29-38(14-7-10-20-61)57(83)71-44(17-13-23-67-60(65)66)48(73)18-19-53(78)69-47(55(64)81)33-54(79)80)31-52(77)45(16-9-12-22-63)70-56(82)36(5)26-51(76)46(25-35(3)4)72-58(84)39(15-8-11-21-62)30-50(75)40-27-42(86)32-43(87)28-40/h27-28,32,34-39,41,44-47,86-87H,7-26,29-31,33,61-63H2,1-6H3,(H2,64,81)(H,68,85)(H,69,78)(H,70,82)(H,71,83)(H,72,84)(H,79,80)(H4,65,66,67). The van der Waals surface area contributed by atoms with Crippen molar-refractivity contribution < 1.29 is 62.6 Å². The van der Waals surface area contributed by atoms with E-state index in [1.807, 2.05) is 27.7 Å². The number of carboxylic acid groups (broad SMARTS) is 1. The van der Waals surface area contributed by atoms with E-state index in [1.54, 1.807) is 25.1 Å². The first kappa shape index (κ1) is 78.7. The molecule has 0 fully saturated rings. The fourth-order valence-electron chi connectivity index (χ4n) is 9.76. The van der Waals surface area contributed by atoms with Gasteiger partial charge in [-0.3, -0.25) is 62.5 Å². The van der Waals surface area contributed by atoms with Crippen molar-refractivity contribution in [2.24, 2.45) is 74.9 Å². The minimum absolute atomic E-state index is 0.0175. The number of aliphatic carboxylic acids is 1. The van der Waals surface area contributed by atoms with E-state index in [0.29, 0.717) is 73.4 Å². The first-order valence-corrected chi connectivity index (χ1v) is 31.2. The molecule has 18 N–H and O–H groups in total. The number of benzene rings is 1. The maximum atomic E-state index is 14.3. The Balaban J connectivity index is 3.33. The number of hydrogen-bond donors (Lipinski definition) is 14. The number of nitrogens with zero attached hydrogens (tertiary/aromatic N) is 1. The molecule has 0 spiro atoms. The van der Waals surface area contributed by atoms with E-state index >= 15 is 0 Å². The Labute approximate surface area is 523 Å². The summed E-state index contributed by atoms with van der Waals surface area (Å²) in [6.07, 6.45) is 1.65. The quantitative estimate of drug-likeness (QED) is 0.0146. The Hall–Kier alpha value is -6.29. The Bertz CT molecular complexity index is 2470. The van der Waals surface area contributed by atoms with Gasteiger partial charge in [0, 0.05) is 84.1 Å². The number of Topliss-reactive ketones (excluding diaryl/α,β-unsaturated/α-hetero) is 5. The Morgan fingerprint density at radius 2 is 0.954 bits per heavy atom. The van der Waals surface area contributed by atoms with Gasteiger partial charge in [-0.1, -0.05) is 47.5 Å². The molecule has 0 aromatic heterocycles. The normalized spacial score (nSPS) is 14.4. The van der Waals surface area contributed by atoms with Crippen LogP contribution in [0.2, 0.25) is 0 Å². The number of hydrogen-bond acceptors (Lipinski definition) is 18. The summed E-state index contributed by atoms with van der Waals surface area (Å²) in [6.45, 7) is 11.6. The van der Waals surface area contributed by atoms with Crippen LogP contribution in [0.5, 0.6) is 0 Å². The van der Waals surface area contributed by atoms with Crippen molar-refractivity contribution in [1.29, 1.82) is 0 Å². The fourth-order valence-corrected chi connectivity index (χ4v) is 10.4. The van der Waals surface area contributed by atoms with Crippen LogP contribution < -0.4 is 61.0 Å². The van der Waals surface area contributed by atoms with Crippen LogP contribution in [0.15, 0.2) is 33.0 Å². The van der Waals surface area contributed by atoms with E-state index in [2.05, 4.69) is 56.8 Å². The maximum Gasteiger partial charge on any atom is 0.305 e. The number of nitrogens with two attached hydrogens (primary N) is 6. The topological polar surface area (TPSA) is 454 Å². The molecule has 1 aromatic carbocycles. The summed E-state index contributed by atoms with van der Waals surface area (Å²) in [5.74, 6) is -12.0. The van der Waals surface area contributed by atoms with Gasteiger partial charge in [0.1, 0.15) is 6.04 Å². The van der Waals surface area contributed by atoms with Gasteiger partial charge in [0.2, 0.25) is 35.4 Å². The van der Waals surface area contributed by atoms with Crippen molar-refractivity contribution in [2.75, 3.05) is 26.2 Å². The molecular weight excluding hydrogens is 1160 g/mol. The third-order valence-electron chi connectivity index (χ3n) is 14.6. The molecule has 6 amide bonds. The van der Waals surface area contributed by atoms with E-state index in [9.17, 15) is 57.5 Å². The van der Waals surface area contributed by atoms with Gasteiger partial charge in [-0.15, -0.1) is 25.3 Å². The summed E-state index contributed by atoms with van der Waals surface area (Å²) in [5.41, 5.74) is 33.8. The van der Waals surface area contributed by atoms with Crippen LogP contribution in [-0.4, -0.2) is 138 Å². The van der Waals surface area contributed by atoms with Crippen molar-refractivity contribution in [3.8, 4) is 0 Å². The zero-order chi connectivity index (χ0) is 65.9. The molecule has 0 saturated carbocycles. The second-order valence-electron chi connectivity index (χ2n) is 23.4. The zero-order valence-electron chi connectivity index (χ0n) is 51.7. The summed E-state index contributed by atoms with van der Waals surface area (Å²) in [4.78, 5) is 166. The SMILES string of the molecule is CC(C)CC(CC(=O)C(CCCCN)NC(=O)C(C)CC(=O)C(CC(C)C)NC(=O)C(CCCCN)CC(=O)c1cc(S)cc(S)c1)C(=O)NC(C)C(=O)CC(CCCCN)C(=O)NC(CCCN=C(N)N)C(=O)CCC(=O)NC(CC(=O)O)C(N)=O. The number of thiol groups is 2. The van der Waals surface area contributed by atoms with Crippen molar-refractivity contribution in [1.82, 2.24) is 26.6 Å². The van der Waals surface area contributed by atoms with Gasteiger partial charge in [-0.2, -0.15) is 0 Å². The lowest BCUT2D eigenvalue weighted by atomic mass is 9.87. The Kier molecular flexibility index (Phi) is 38.5. The molecule has 9 unspecified atom stereocenters. The van der Waals surface area contributed by atoms with E-state index in [4.69, 9.17) is 39.5 Å². The molecule has 490 valence electrons. The van der Waals surface area contributed by atoms with Crippen LogP contribution in [0.25, 0.3) is 0 Å². The van der Waals surface area contributed by atoms with Crippen LogP contribution in [0.4, 0.5) is 0 Å². The van der Waals surface area contributed by atoms with E-state index in [1.165, 1.54) is 6.92 Å². The number of aliphatic imine (C=N–C) groups is 1. The highest BCUT2D eigenvalue weighted by molar-refractivity contribution is 7.81. The van der Waals surface area contributed by atoms with Crippen molar-refractivity contribution >= 4 is 102 Å². The van der Waals surface area contributed by atoms with Crippen molar-refractivity contribution in [2.45, 2.75) is 210 Å². The fraction of sp³-hybridized carbons (Fsp3) is 0.683. The molecule has 0 bridgehead atoms. The van der Waals surface area contributed by atoms with E-state index < -0.39 is 138 Å². The first-order valence-electron chi connectivity index (χ1n) is 30.3. The van der Waals surface area contributed by atoms with Crippen LogP contribution in [0, 0.1) is 35.5 Å². The number of carboxylic acids is 1. The lowest BCUT2D eigenvalue weighted by Crippen LogP contribution is -2.48. The summed E-state index contributed by atoms with van der Waals surface area (Å²) < 4.78 is 0. The van der Waals surface area contributed by atoms with Gasteiger partial charge in [-0.05, 0) is 127 Å². The molecular formula is C60H100N12O13S2. The molecule has 1 rings (SSSR count). The van der Waals surface area contributed by atoms with Crippen LogP contribution >= 0.6 is 25.3 Å². The summed E-state index contributed by atoms with van der Waals surface area (Å²) in [6, 6.07) is -1.05. The van der Waals surface area contributed by atoms with Gasteiger partial charge in [0.25, 0.3) is 0 Å². The maximum absolute atomic E-state index is 14.3. The molecule has 25 nitrogen and oxygen atoms in total. The molecule has 0 heterocycles. The van der Waals surface area contributed by atoms with Crippen LogP contribution in [0.3, 0.4) is 0 Å². The number of unbranched alkanes of at least 4 members (excludes halogenated alkanes) is 3. The molecule has 0 saturated heterocycles. The van der Waals surface area contributed by atoms with Crippen LogP contribution in [0.1, 0.15) is 180 Å². The van der Waals surface area contributed by atoms with Gasteiger partial charge < -0.3 is 66.1 Å². The molecule has 0 radical (unpaired) electrons. The van der Waals surface area contributed by atoms with Gasteiger partial charge >= 0.3 is 5.97 Å². The smallest absolute Gasteiger partial charge is 0.305 e. The highest BCUT2D eigenvalue weighted by atomic mass is 32.1. The summed E-state index contributed by atoms with van der Waals surface area (Å²) in [5, 5.41) is 22.5. The highest BCUT2D eigenvalue weighted by Gasteiger charge is 2.35. The second kappa shape index (κ2) is 42.6. The average molecular weight is 1260 g/mol. The Morgan fingerprint density at radius 1 is 0.483 bits per heavy atom. The number of amides is 6. The number of nitrogens with one attached hydrogen (secondary N) is 5. The predicted octanol–water partition coefficient (Wildman–Crippen LogP) is 2.49. The number of guanidine groups is 1. The highest BCUT2D eigenvalue weighted by Crippen LogP contribution is 2.25. The molecule has 1 aromatic rings. The number of carbonyl (C=O) groups excluding carboxylic acids is 11.